The lowest BCUT2D eigenvalue weighted by Gasteiger charge is -2.23. The van der Waals surface area contributed by atoms with Crippen molar-refractivity contribution in [2.24, 2.45) is 5.41 Å². The van der Waals surface area contributed by atoms with Crippen molar-refractivity contribution in [1.82, 2.24) is 0 Å². The lowest BCUT2D eigenvalue weighted by molar-refractivity contribution is -0.150. The van der Waals surface area contributed by atoms with Gasteiger partial charge in [0.15, 0.2) is 0 Å². The van der Waals surface area contributed by atoms with E-state index in [1.165, 1.54) is 0 Å². The van der Waals surface area contributed by atoms with Crippen molar-refractivity contribution in [3.8, 4) is 0 Å². The first kappa shape index (κ1) is 14.7. The molecule has 0 fully saturated rings. The van der Waals surface area contributed by atoms with E-state index in [-0.39, 0.29) is 24.6 Å². The van der Waals surface area contributed by atoms with Crippen LogP contribution in [0.2, 0.25) is 0 Å². The van der Waals surface area contributed by atoms with Gasteiger partial charge in [-0.05, 0) is 6.42 Å². The first-order valence-electron chi connectivity index (χ1n) is 5.36. The van der Waals surface area contributed by atoms with Gasteiger partial charge in [0.25, 0.3) is 0 Å². The van der Waals surface area contributed by atoms with Gasteiger partial charge in [-0.2, -0.15) is 0 Å². The summed E-state index contributed by atoms with van der Waals surface area (Å²) in [6, 6.07) is 0. The van der Waals surface area contributed by atoms with Crippen molar-refractivity contribution >= 4 is 11.9 Å². The van der Waals surface area contributed by atoms with Gasteiger partial charge in [-0.15, -0.1) is 0 Å². The Kier molecular flexibility index (Phi) is 6.46. The second-order valence-electron chi connectivity index (χ2n) is 4.39. The Bertz CT molecular complexity index is 256. The largest absolute Gasteiger partial charge is 0.465 e. The second kappa shape index (κ2) is 7.04. The summed E-state index contributed by atoms with van der Waals surface area (Å²) < 4.78 is 9.96. The molecule has 0 unspecified atom stereocenters. The monoisotopic (exact) mass is 228 g/mol. The Hall–Kier alpha value is -1.32. The molecule has 0 aliphatic rings. The third kappa shape index (κ3) is 7.04. The molecular formula is C12H20O4. The molecule has 0 spiro atoms. The molecule has 92 valence electrons. The minimum absolute atomic E-state index is 0.206. The maximum Gasteiger partial charge on any atom is 0.330 e. The van der Waals surface area contributed by atoms with Crippen molar-refractivity contribution in [3.63, 3.8) is 0 Å². The Morgan fingerprint density at radius 2 is 1.81 bits per heavy atom. The van der Waals surface area contributed by atoms with Gasteiger partial charge in [0.1, 0.15) is 0 Å². The number of esters is 2. The molecule has 0 radical (unpaired) electrons. The molecule has 0 bridgehead atoms. The summed E-state index contributed by atoms with van der Waals surface area (Å²) in [5, 5.41) is 0. The van der Waals surface area contributed by atoms with Crippen molar-refractivity contribution in [1.29, 1.82) is 0 Å². The fraction of sp³-hybridized carbons (Fsp3) is 0.667. The molecule has 0 saturated heterocycles. The normalized spacial score (nSPS) is 10.7. The summed E-state index contributed by atoms with van der Waals surface area (Å²) in [6.07, 6.45) is 2.30. The zero-order chi connectivity index (χ0) is 12.6. The molecule has 0 aromatic rings. The first-order chi connectivity index (χ1) is 7.41. The Morgan fingerprint density at radius 1 is 1.25 bits per heavy atom. The molecular weight excluding hydrogens is 208 g/mol. The molecule has 0 atom stereocenters. The average molecular weight is 228 g/mol. The highest BCUT2D eigenvalue weighted by Crippen LogP contribution is 2.16. The van der Waals surface area contributed by atoms with Crippen LogP contribution in [0.3, 0.4) is 0 Å². The van der Waals surface area contributed by atoms with Crippen LogP contribution in [-0.4, -0.2) is 25.2 Å². The number of ether oxygens (including phenoxy) is 2. The Balaban J connectivity index is 3.90. The molecule has 0 aliphatic carbocycles. The van der Waals surface area contributed by atoms with Gasteiger partial charge in [-0.3, -0.25) is 4.79 Å². The predicted molar refractivity (Wildman–Crippen MR) is 60.8 cm³/mol. The standard InChI is InChI=1S/C12H20O4/c1-5-7-11(14)16-9-12(3,4)8-15-10(13)6-2/h6H,2,5,7-9H2,1,3-4H3. The highest BCUT2D eigenvalue weighted by Gasteiger charge is 2.22. The predicted octanol–water partition coefficient (Wildman–Crippen LogP) is 2.09. The van der Waals surface area contributed by atoms with E-state index in [9.17, 15) is 9.59 Å². The molecule has 0 N–H and O–H groups in total. The van der Waals surface area contributed by atoms with Crippen molar-refractivity contribution in [2.75, 3.05) is 13.2 Å². The summed E-state index contributed by atoms with van der Waals surface area (Å²) in [6.45, 7) is 9.39. The quantitative estimate of drug-likeness (QED) is 0.494. The minimum Gasteiger partial charge on any atom is -0.465 e. The van der Waals surface area contributed by atoms with Crippen LogP contribution in [0.4, 0.5) is 0 Å². The van der Waals surface area contributed by atoms with E-state index in [1.54, 1.807) is 0 Å². The Morgan fingerprint density at radius 3 is 2.31 bits per heavy atom. The topological polar surface area (TPSA) is 52.6 Å². The molecule has 0 aliphatic heterocycles. The first-order valence-corrected chi connectivity index (χ1v) is 5.36. The highest BCUT2D eigenvalue weighted by atomic mass is 16.5. The highest BCUT2D eigenvalue weighted by molar-refractivity contribution is 5.81. The molecule has 0 aromatic carbocycles. The molecule has 0 aromatic heterocycles. The van der Waals surface area contributed by atoms with Crippen LogP contribution in [0.1, 0.15) is 33.6 Å². The van der Waals surface area contributed by atoms with Crippen LogP contribution in [-0.2, 0) is 19.1 Å². The lowest BCUT2D eigenvalue weighted by Crippen LogP contribution is -2.28. The van der Waals surface area contributed by atoms with Gasteiger partial charge < -0.3 is 9.47 Å². The summed E-state index contributed by atoms with van der Waals surface area (Å²) in [7, 11) is 0. The zero-order valence-electron chi connectivity index (χ0n) is 10.2. The van der Waals surface area contributed by atoms with Gasteiger partial charge in [-0.25, -0.2) is 4.79 Å². The van der Waals surface area contributed by atoms with E-state index in [0.717, 1.165) is 12.5 Å². The number of hydrogen-bond acceptors (Lipinski definition) is 4. The molecule has 0 heterocycles. The average Bonchev–Trinajstić information content (AvgIpc) is 2.24. The maximum absolute atomic E-state index is 11.1. The van der Waals surface area contributed by atoms with Crippen LogP contribution in [0, 0.1) is 5.41 Å². The van der Waals surface area contributed by atoms with Crippen LogP contribution in [0.15, 0.2) is 12.7 Å². The van der Waals surface area contributed by atoms with Crippen molar-refractivity contribution in [2.45, 2.75) is 33.6 Å². The maximum atomic E-state index is 11.1. The Labute approximate surface area is 96.6 Å². The molecule has 0 saturated carbocycles. The van der Waals surface area contributed by atoms with E-state index >= 15 is 0 Å². The van der Waals surface area contributed by atoms with E-state index in [0.29, 0.717) is 6.42 Å². The summed E-state index contributed by atoms with van der Waals surface area (Å²) in [4.78, 5) is 22.0. The fourth-order valence-corrected chi connectivity index (χ4v) is 0.919. The molecule has 0 amide bonds. The minimum atomic E-state index is -0.465. The molecule has 16 heavy (non-hydrogen) atoms. The fourth-order valence-electron chi connectivity index (χ4n) is 0.919. The van der Waals surface area contributed by atoms with Gasteiger partial charge in [0, 0.05) is 17.9 Å². The number of rotatable bonds is 7. The molecule has 0 rings (SSSR count). The van der Waals surface area contributed by atoms with Crippen LogP contribution in [0.5, 0.6) is 0 Å². The van der Waals surface area contributed by atoms with Crippen LogP contribution in [0.25, 0.3) is 0 Å². The molecule has 4 heteroatoms. The summed E-state index contributed by atoms with van der Waals surface area (Å²) in [5.41, 5.74) is -0.373. The summed E-state index contributed by atoms with van der Waals surface area (Å²) in [5.74, 6) is -0.682. The number of carbonyl (C=O) groups is 2. The van der Waals surface area contributed by atoms with Crippen molar-refractivity contribution < 1.29 is 19.1 Å². The van der Waals surface area contributed by atoms with Crippen LogP contribution < -0.4 is 0 Å². The van der Waals surface area contributed by atoms with Gasteiger partial charge in [0.2, 0.25) is 0 Å². The third-order valence-electron chi connectivity index (χ3n) is 1.85. The van der Waals surface area contributed by atoms with Gasteiger partial charge >= 0.3 is 11.9 Å². The second-order valence-corrected chi connectivity index (χ2v) is 4.39. The van der Waals surface area contributed by atoms with Crippen LogP contribution >= 0.6 is 0 Å². The van der Waals surface area contributed by atoms with Gasteiger partial charge in [0.05, 0.1) is 13.2 Å². The van der Waals surface area contributed by atoms with E-state index < -0.39 is 5.97 Å². The van der Waals surface area contributed by atoms with E-state index in [1.807, 2.05) is 20.8 Å². The lowest BCUT2D eigenvalue weighted by atomic mass is 9.96. The van der Waals surface area contributed by atoms with E-state index in [4.69, 9.17) is 9.47 Å². The number of carbonyl (C=O) groups excluding carboxylic acids is 2. The SMILES string of the molecule is C=CC(=O)OCC(C)(C)COC(=O)CCC. The number of hydrogen-bond donors (Lipinski definition) is 0. The summed E-state index contributed by atoms with van der Waals surface area (Å²) >= 11 is 0. The molecule has 4 nitrogen and oxygen atoms in total. The van der Waals surface area contributed by atoms with E-state index in [2.05, 4.69) is 6.58 Å². The smallest absolute Gasteiger partial charge is 0.330 e. The van der Waals surface area contributed by atoms with Crippen molar-refractivity contribution in [3.05, 3.63) is 12.7 Å². The van der Waals surface area contributed by atoms with Gasteiger partial charge in [-0.1, -0.05) is 27.4 Å². The third-order valence-corrected chi connectivity index (χ3v) is 1.85. The zero-order valence-corrected chi connectivity index (χ0v) is 10.2.